The lowest BCUT2D eigenvalue weighted by Gasteiger charge is -2.28. The van der Waals surface area contributed by atoms with Gasteiger partial charge in [0.2, 0.25) is 0 Å². The minimum Gasteiger partial charge on any atom is -0.456 e. The van der Waals surface area contributed by atoms with E-state index in [1.165, 1.54) is 37.8 Å². The maximum Gasteiger partial charge on any atom is 0.137 e. The Morgan fingerprint density at radius 3 is 1.80 bits per heavy atom. The number of benzene rings is 10. The molecule has 4 nitrogen and oxygen atoms in total. The molecule has 0 spiro atoms. The lowest BCUT2D eigenvalue weighted by molar-refractivity contribution is 0.668. The maximum absolute atomic E-state index is 6.63. The molecule has 4 heteroatoms. The van der Waals surface area contributed by atoms with Crippen LogP contribution in [0.15, 0.2) is 215 Å². The average Bonchev–Trinajstić information content (AvgIpc) is 3.98. The van der Waals surface area contributed by atoms with Crippen LogP contribution in [0.1, 0.15) is 0 Å². The summed E-state index contributed by atoms with van der Waals surface area (Å²) in [6.45, 7) is 0. The lowest BCUT2D eigenvalue weighted by Crippen LogP contribution is -2.11. The van der Waals surface area contributed by atoms with Crippen molar-refractivity contribution in [3.63, 3.8) is 0 Å². The molecule has 280 valence electrons. The Labute approximate surface area is 344 Å². The van der Waals surface area contributed by atoms with Crippen molar-refractivity contribution in [1.29, 1.82) is 0 Å². The Bertz CT molecular complexity index is 3850. The van der Waals surface area contributed by atoms with Gasteiger partial charge in [-0.3, -0.25) is 0 Å². The predicted molar refractivity (Wildman–Crippen MR) is 250 cm³/mol. The van der Waals surface area contributed by atoms with Crippen molar-refractivity contribution in [2.45, 2.75) is 0 Å². The molecule has 0 fully saturated rings. The molecule has 0 aliphatic carbocycles. The number of fused-ring (bicyclic) bond motifs is 12. The molecule has 0 aliphatic rings. The number of anilines is 3. The van der Waals surface area contributed by atoms with Crippen LogP contribution in [0.3, 0.4) is 0 Å². The first-order chi connectivity index (χ1) is 29.7. The SMILES string of the molecule is c1ccc(-n2c3ccccc3c3ccc(N(c4ccc5c(c4)oc4ccccc45)c4ccc5oc6ccccc6c5c4-c4ccc5ccc6ccccc6c5c4)cc32)cc1. The molecule has 0 radical (unpaired) electrons. The first-order valence-electron chi connectivity index (χ1n) is 20.4. The van der Waals surface area contributed by atoms with Crippen molar-refractivity contribution in [2.75, 3.05) is 4.90 Å². The molecule has 13 aromatic rings. The number of furan rings is 2. The van der Waals surface area contributed by atoms with E-state index in [0.29, 0.717) is 0 Å². The van der Waals surface area contributed by atoms with Gasteiger partial charge in [-0.2, -0.15) is 0 Å². The molecule has 10 aromatic carbocycles. The van der Waals surface area contributed by atoms with E-state index in [0.717, 1.165) is 83.3 Å². The summed E-state index contributed by atoms with van der Waals surface area (Å²) in [5, 5.41) is 11.6. The molecule has 0 aliphatic heterocycles. The summed E-state index contributed by atoms with van der Waals surface area (Å²) in [5.41, 5.74) is 12.1. The van der Waals surface area contributed by atoms with Gasteiger partial charge in [-0.05, 0) is 99.9 Å². The van der Waals surface area contributed by atoms with Crippen molar-refractivity contribution < 1.29 is 8.83 Å². The fourth-order valence-electron chi connectivity index (χ4n) is 9.68. The van der Waals surface area contributed by atoms with E-state index in [9.17, 15) is 0 Å². The first kappa shape index (κ1) is 32.9. The summed E-state index contributed by atoms with van der Waals surface area (Å²) in [4.78, 5) is 2.41. The molecular formula is C56H34N2O2. The number of rotatable bonds is 5. The summed E-state index contributed by atoms with van der Waals surface area (Å²) in [6.07, 6.45) is 0. The van der Waals surface area contributed by atoms with E-state index in [4.69, 9.17) is 8.83 Å². The second kappa shape index (κ2) is 12.7. The van der Waals surface area contributed by atoms with Gasteiger partial charge >= 0.3 is 0 Å². The van der Waals surface area contributed by atoms with E-state index in [1.807, 2.05) is 18.2 Å². The van der Waals surface area contributed by atoms with E-state index in [1.54, 1.807) is 0 Å². The van der Waals surface area contributed by atoms with Crippen molar-refractivity contribution in [2.24, 2.45) is 0 Å². The molecule has 0 saturated heterocycles. The van der Waals surface area contributed by atoms with Gasteiger partial charge in [0, 0.05) is 61.0 Å². The highest BCUT2D eigenvalue weighted by Crippen LogP contribution is 2.49. The zero-order valence-corrected chi connectivity index (χ0v) is 32.3. The topological polar surface area (TPSA) is 34.5 Å². The van der Waals surface area contributed by atoms with Crippen molar-refractivity contribution in [3.05, 3.63) is 206 Å². The van der Waals surface area contributed by atoms with Crippen molar-refractivity contribution in [1.82, 2.24) is 4.57 Å². The van der Waals surface area contributed by atoms with Gasteiger partial charge in [-0.15, -0.1) is 0 Å². The molecule has 60 heavy (non-hydrogen) atoms. The monoisotopic (exact) mass is 766 g/mol. The van der Waals surface area contributed by atoms with Crippen LogP contribution in [0.2, 0.25) is 0 Å². The zero-order chi connectivity index (χ0) is 39.3. The molecule has 13 rings (SSSR count). The van der Waals surface area contributed by atoms with Gasteiger partial charge in [0.1, 0.15) is 22.3 Å². The minimum absolute atomic E-state index is 0.840. The third-order valence-electron chi connectivity index (χ3n) is 12.3. The minimum atomic E-state index is 0.840. The largest absolute Gasteiger partial charge is 0.456 e. The van der Waals surface area contributed by atoms with Crippen LogP contribution in [-0.4, -0.2) is 4.57 Å². The van der Waals surface area contributed by atoms with Crippen LogP contribution in [0.25, 0.3) is 104 Å². The van der Waals surface area contributed by atoms with Gasteiger partial charge in [0.05, 0.1) is 16.7 Å². The standard InChI is InChI=1S/C56H34N2O2/c1-2-13-38(14-3-1)58-48-19-9-6-16-42(48)43-28-26-39(33-50(43)58)57(40-27-29-45-44-17-7-10-20-51(44)60-54(45)34-40)49-30-31-53-56(46-18-8-11-21-52(46)59-53)55(49)37-25-24-36-23-22-35-12-4-5-15-41(35)47(36)32-37/h1-34H. The quantitative estimate of drug-likeness (QED) is 0.164. The van der Waals surface area contributed by atoms with Crippen LogP contribution in [0, 0.1) is 0 Å². The number of nitrogens with zero attached hydrogens (tertiary/aromatic N) is 2. The second-order valence-corrected chi connectivity index (χ2v) is 15.7. The maximum atomic E-state index is 6.63. The Morgan fingerprint density at radius 2 is 0.950 bits per heavy atom. The summed E-state index contributed by atoms with van der Waals surface area (Å²) < 4.78 is 15.6. The third-order valence-corrected chi connectivity index (χ3v) is 12.3. The molecule has 0 N–H and O–H groups in total. The van der Waals surface area contributed by atoms with E-state index < -0.39 is 0 Å². The van der Waals surface area contributed by atoms with E-state index in [-0.39, 0.29) is 0 Å². The molecule has 0 saturated carbocycles. The Morgan fingerprint density at radius 1 is 0.350 bits per heavy atom. The van der Waals surface area contributed by atoms with Crippen LogP contribution < -0.4 is 4.90 Å². The predicted octanol–water partition coefficient (Wildman–Crippen LogP) is 16.0. The van der Waals surface area contributed by atoms with E-state index in [2.05, 4.69) is 198 Å². The van der Waals surface area contributed by atoms with Crippen LogP contribution >= 0.6 is 0 Å². The highest BCUT2D eigenvalue weighted by molar-refractivity contribution is 6.19. The normalized spacial score (nSPS) is 12.0. The number of hydrogen-bond donors (Lipinski definition) is 0. The second-order valence-electron chi connectivity index (χ2n) is 15.7. The summed E-state index contributed by atoms with van der Waals surface area (Å²) >= 11 is 0. The van der Waals surface area contributed by atoms with Crippen molar-refractivity contribution >= 4 is 104 Å². The average molecular weight is 767 g/mol. The summed E-state index contributed by atoms with van der Waals surface area (Å²) in [6, 6.07) is 73.9. The fraction of sp³-hybridized carbons (Fsp3) is 0. The van der Waals surface area contributed by atoms with Crippen molar-refractivity contribution in [3.8, 4) is 16.8 Å². The van der Waals surface area contributed by atoms with Gasteiger partial charge in [0.25, 0.3) is 0 Å². The molecule has 3 aromatic heterocycles. The van der Waals surface area contributed by atoms with Gasteiger partial charge in [-0.25, -0.2) is 0 Å². The van der Waals surface area contributed by atoms with Crippen LogP contribution in [-0.2, 0) is 0 Å². The van der Waals surface area contributed by atoms with Crippen LogP contribution in [0.5, 0.6) is 0 Å². The summed E-state index contributed by atoms with van der Waals surface area (Å²) in [5.74, 6) is 0. The molecule has 0 bridgehead atoms. The van der Waals surface area contributed by atoms with Crippen LogP contribution in [0.4, 0.5) is 17.1 Å². The molecule has 0 unspecified atom stereocenters. The summed E-state index contributed by atoms with van der Waals surface area (Å²) in [7, 11) is 0. The molecule has 0 atom stereocenters. The zero-order valence-electron chi connectivity index (χ0n) is 32.3. The Balaban J connectivity index is 1.15. The lowest BCUT2D eigenvalue weighted by atomic mass is 9.93. The number of aromatic nitrogens is 1. The van der Waals surface area contributed by atoms with E-state index >= 15 is 0 Å². The number of hydrogen-bond acceptors (Lipinski definition) is 3. The molecule has 3 heterocycles. The highest BCUT2D eigenvalue weighted by Gasteiger charge is 2.25. The van der Waals surface area contributed by atoms with Gasteiger partial charge in [0.15, 0.2) is 0 Å². The molecule has 0 amide bonds. The molecular weight excluding hydrogens is 733 g/mol. The Kier molecular flexibility index (Phi) is 6.98. The highest BCUT2D eigenvalue weighted by atomic mass is 16.3. The first-order valence-corrected chi connectivity index (χ1v) is 20.4. The number of para-hydroxylation sites is 4. The Hall–Kier alpha value is -8.08. The third kappa shape index (κ3) is 4.85. The smallest absolute Gasteiger partial charge is 0.137 e. The fourth-order valence-corrected chi connectivity index (χ4v) is 9.68. The van der Waals surface area contributed by atoms with Gasteiger partial charge in [-0.1, -0.05) is 127 Å². The van der Waals surface area contributed by atoms with Gasteiger partial charge < -0.3 is 18.3 Å².